The van der Waals surface area contributed by atoms with Gasteiger partial charge in [-0.25, -0.2) is 8.78 Å². The highest BCUT2D eigenvalue weighted by Gasteiger charge is 2.12. The van der Waals surface area contributed by atoms with E-state index in [2.05, 4.69) is 20.8 Å². The molecule has 1 aromatic carbocycles. The van der Waals surface area contributed by atoms with E-state index in [-0.39, 0.29) is 24.4 Å². The van der Waals surface area contributed by atoms with E-state index >= 15 is 0 Å². The maximum absolute atomic E-state index is 13.4. The molecule has 0 atom stereocenters. The van der Waals surface area contributed by atoms with E-state index in [0.29, 0.717) is 12.6 Å². The van der Waals surface area contributed by atoms with Gasteiger partial charge in [-0.15, -0.1) is 0 Å². The van der Waals surface area contributed by atoms with Gasteiger partial charge in [0.1, 0.15) is 11.6 Å². The van der Waals surface area contributed by atoms with Gasteiger partial charge in [0.25, 0.3) is 5.91 Å². The van der Waals surface area contributed by atoms with Gasteiger partial charge < -0.3 is 10.6 Å². The molecule has 0 aliphatic carbocycles. The first kappa shape index (κ1) is 15.6. The number of H-pyrrole nitrogens is 1. The van der Waals surface area contributed by atoms with Crippen molar-refractivity contribution in [3.63, 3.8) is 0 Å². The molecule has 2 aromatic rings. The standard InChI is InChI=1S/C14H14F2N4O2/c15-9-1-2-11(12(16)7-9)14(22)17-5-4-13(21)18-8-10-3-6-19-20-10/h1-3,6-7H,4-5,8H2,(H,17,22)(H,18,21)(H,19,20). The molecule has 3 N–H and O–H groups in total. The summed E-state index contributed by atoms with van der Waals surface area (Å²) in [6.45, 7) is 0.351. The van der Waals surface area contributed by atoms with Crippen LogP contribution >= 0.6 is 0 Å². The van der Waals surface area contributed by atoms with Crippen LogP contribution < -0.4 is 10.6 Å². The van der Waals surface area contributed by atoms with Crippen LogP contribution in [0.3, 0.4) is 0 Å². The van der Waals surface area contributed by atoms with Crippen LogP contribution in [0.25, 0.3) is 0 Å². The van der Waals surface area contributed by atoms with Gasteiger partial charge in [-0.3, -0.25) is 14.7 Å². The van der Waals surface area contributed by atoms with Crippen LogP contribution in [0.1, 0.15) is 22.5 Å². The minimum absolute atomic E-state index is 0.0443. The summed E-state index contributed by atoms with van der Waals surface area (Å²) in [7, 11) is 0. The van der Waals surface area contributed by atoms with Crippen molar-refractivity contribution in [2.75, 3.05) is 6.54 Å². The third-order valence-electron chi connectivity index (χ3n) is 2.85. The Morgan fingerprint density at radius 2 is 2.00 bits per heavy atom. The summed E-state index contributed by atoms with van der Waals surface area (Å²) in [5.41, 5.74) is 0.491. The van der Waals surface area contributed by atoms with Crippen molar-refractivity contribution in [2.45, 2.75) is 13.0 Å². The van der Waals surface area contributed by atoms with Crippen molar-refractivity contribution in [3.05, 3.63) is 53.4 Å². The number of amides is 2. The molecule has 8 heteroatoms. The Balaban J connectivity index is 1.73. The van der Waals surface area contributed by atoms with Gasteiger partial charge in [0.05, 0.1) is 17.8 Å². The minimum atomic E-state index is -0.943. The predicted molar refractivity (Wildman–Crippen MR) is 73.7 cm³/mol. The van der Waals surface area contributed by atoms with E-state index in [1.54, 1.807) is 12.3 Å². The van der Waals surface area contributed by atoms with Gasteiger partial charge in [-0.2, -0.15) is 5.10 Å². The summed E-state index contributed by atoms with van der Waals surface area (Å²) in [6, 6.07) is 4.40. The number of carbonyl (C=O) groups excluding carboxylic acids is 2. The lowest BCUT2D eigenvalue weighted by Gasteiger charge is -2.07. The fraction of sp³-hybridized carbons (Fsp3) is 0.214. The van der Waals surface area contributed by atoms with Gasteiger partial charge in [0.2, 0.25) is 5.91 Å². The van der Waals surface area contributed by atoms with E-state index in [0.717, 1.165) is 17.8 Å². The van der Waals surface area contributed by atoms with Crippen molar-refractivity contribution >= 4 is 11.8 Å². The molecule has 1 aromatic heterocycles. The lowest BCUT2D eigenvalue weighted by Crippen LogP contribution is -2.31. The largest absolute Gasteiger partial charge is 0.351 e. The number of hydrogen-bond acceptors (Lipinski definition) is 3. The first-order valence-corrected chi connectivity index (χ1v) is 6.54. The zero-order valence-electron chi connectivity index (χ0n) is 11.5. The molecule has 22 heavy (non-hydrogen) atoms. The van der Waals surface area contributed by atoms with Gasteiger partial charge in [-0.1, -0.05) is 0 Å². The second-order valence-corrected chi connectivity index (χ2v) is 4.49. The van der Waals surface area contributed by atoms with E-state index in [1.807, 2.05) is 0 Å². The summed E-state index contributed by atoms with van der Waals surface area (Å²) >= 11 is 0. The fourth-order valence-corrected chi connectivity index (χ4v) is 1.72. The number of hydrogen-bond donors (Lipinski definition) is 3. The van der Waals surface area contributed by atoms with Crippen LogP contribution in [-0.2, 0) is 11.3 Å². The number of aromatic amines is 1. The van der Waals surface area contributed by atoms with Crippen molar-refractivity contribution in [1.29, 1.82) is 0 Å². The van der Waals surface area contributed by atoms with Gasteiger partial charge in [0, 0.05) is 25.2 Å². The monoisotopic (exact) mass is 308 g/mol. The highest BCUT2D eigenvalue weighted by atomic mass is 19.1. The highest BCUT2D eigenvalue weighted by molar-refractivity contribution is 5.94. The van der Waals surface area contributed by atoms with E-state index < -0.39 is 17.5 Å². The number of halogens is 2. The number of nitrogens with zero attached hydrogens (tertiary/aromatic N) is 1. The molecular formula is C14H14F2N4O2. The molecule has 6 nitrogen and oxygen atoms in total. The maximum Gasteiger partial charge on any atom is 0.254 e. The molecule has 0 unspecified atom stereocenters. The van der Waals surface area contributed by atoms with Crippen LogP contribution in [0.2, 0.25) is 0 Å². The normalized spacial score (nSPS) is 10.3. The number of carbonyl (C=O) groups is 2. The van der Waals surface area contributed by atoms with E-state index in [9.17, 15) is 18.4 Å². The Labute approximate surface area is 124 Å². The van der Waals surface area contributed by atoms with Gasteiger partial charge in [-0.05, 0) is 18.2 Å². The van der Waals surface area contributed by atoms with Crippen LogP contribution in [0, 0.1) is 11.6 Å². The molecule has 2 rings (SSSR count). The molecule has 116 valence electrons. The molecule has 0 saturated carbocycles. The number of nitrogens with one attached hydrogen (secondary N) is 3. The Morgan fingerprint density at radius 1 is 1.18 bits per heavy atom. The second-order valence-electron chi connectivity index (χ2n) is 4.49. The summed E-state index contributed by atoms with van der Waals surface area (Å²) in [5, 5.41) is 11.5. The third kappa shape index (κ3) is 4.37. The van der Waals surface area contributed by atoms with E-state index in [1.165, 1.54) is 0 Å². The SMILES string of the molecule is O=C(CCNC(=O)c1ccc(F)cc1F)NCc1ccn[nH]1. The Hall–Kier alpha value is -2.77. The molecule has 1 heterocycles. The topological polar surface area (TPSA) is 86.9 Å². The summed E-state index contributed by atoms with van der Waals surface area (Å²) in [4.78, 5) is 23.2. The van der Waals surface area contributed by atoms with Crippen molar-refractivity contribution in [2.24, 2.45) is 0 Å². The average Bonchev–Trinajstić information content (AvgIpc) is 2.98. The number of rotatable bonds is 6. The van der Waals surface area contributed by atoms with Crippen molar-refractivity contribution in [3.8, 4) is 0 Å². The fourth-order valence-electron chi connectivity index (χ4n) is 1.72. The molecule has 0 bridgehead atoms. The molecular weight excluding hydrogens is 294 g/mol. The minimum Gasteiger partial charge on any atom is -0.351 e. The molecule has 0 aliphatic rings. The zero-order valence-corrected chi connectivity index (χ0v) is 11.5. The lowest BCUT2D eigenvalue weighted by molar-refractivity contribution is -0.121. The smallest absolute Gasteiger partial charge is 0.254 e. The van der Waals surface area contributed by atoms with Gasteiger partial charge >= 0.3 is 0 Å². The van der Waals surface area contributed by atoms with Crippen LogP contribution in [0.5, 0.6) is 0 Å². The highest BCUT2D eigenvalue weighted by Crippen LogP contribution is 2.09. The van der Waals surface area contributed by atoms with Crippen molar-refractivity contribution < 1.29 is 18.4 Å². The number of aromatic nitrogens is 2. The Morgan fingerprint density at radius 3 is 2.68 bits per heavy atom. The quantitative estimate of drug-likeness (QED) is 0.747. The van der Waals surface area contributed by atoms with Crippen LogP contribution in [0.4, 0.5) is 8.78 Å². The lowest BCUT2D eigenvalue weighted by atomic mass is 10.2. The molecule has 0 saturated heterocycles. The molecule has 2 amide bonds. The molecule has 0 radical (unpaired) electrons. The maximum atomic E-state index is 13.4. The summed E-state index contributed by atoms with van der Waals surface area (Å²) < 4.78 is 26.1. The zero-order chi connectivity index (χ0) is 15.9. The predicted octanol–water partition coefficient (Wildman–Crippen LogP) is 1.12. The molecule has 0 spiro atoms. The Bertz CT molecular complexity index is 659. The van der Waals surface area contributed by atoms with Crippen LogP contribution in [0.15, 0.2) is 30.5 Å². The van der Waals surface area contributed by atoms with Crippen molar-refractivity contribution in [1.82, 2.24) is 20.8 Å². The van der Waals surface area contributed by atoms with E-state index in [4.69, 9.17) is 0 Å². The average molecular weight is 308 g/mol. The second kappa shape index (κ2) is 7.30. The van der Waals surface area contributed by atoms with Gasteiger partial charge in [0.15, 0.2) is 0 Å². The molecule has 0 aliphatic heterocycles. The molecule has 0 fully saturated rings. The van der Waals surface area contributed by atoms with Crippen LogP contribution in [-0.4, -0.2) is 28.6 Å². The first-order valence-electron chi connectivity index (χ1n) is 6.54. The summed E-state index contributed by atoms with van der Waals surface area (Å²) in [6.07, 6.45) is 1.61. The summed E-state index contributed by atoms with van der Waals surface area (Å²) in [5.74, 6) is -2.67. The Kier molecular flexibility index (Phi) is 5.18. The number of benzene rings is 1. The third-order valence-corrected chi connectivity index (χ3v) is 2.85. The first-order chi connectivity index (χ1) is 10.6.